The van der Waals surface area contributed by atoms with Gasteiger partial charge in [0.05, 0.1) is 45.1 Å². The Morgan fingerprint density at radius 3 is 2.86 bits per heavy atom. The maximum atomic E-state index is 13.5. The maximum Gasteiger partial charge on any atom is 0.229 e. The first-order valence-corrected chi connectivity index (χ1v) is 10.8. The molecule has 5 aliphatic heterocycles. The second-order valence-corrected chi connectivity index (χ2v) is 9.48. The summed E-state index contributed by atoms with van der Waals surface area (Å²) >= 11 is 0. The first-order chi connectivity index (χ1) is 14.2. The SMILES string of the molecule is COc1cc2c(cc1OC)[C@@]13CCN4CC5=CCOC6CC(=O)N2C1C6[C@H]5C[C@H]43. The van der Waals surface area contributed by atoms with Crippen molar-refractivity contribution in [2.75, 3.05) is 38.8 Å². The standard InChI is InChI=1S/C23H26N2O4/c1-27-16-8-14-15(9-17(16)28-2)25-20(26)10-18-21-13-7-19-23(14,22(21)25)4-5-24(19)11-12(13)3-6-29-18/h3,8-9,13,18-19,21-22H,4-7,10-11H2,1-2H3/t13-,18?,19-,21?,22?,23+/m0/s1. The number of carbonyl (C=O) groups is 1. The van der Waals surface area contributed by atoms with Crippen LogP contribution in [0.2, 0.25) is 0 Å². The Labute approximate surface area is 170 Å². The predicted octanol–water partition coefficient (Wildman–Crippen LogP) is 2.11. The molecule has 1 aromatic carbocycles. The largest absolute Gasteiger partial charge is 0.493 e. The number of fused-ring (bicyclic) bond motifs is 2. The van der Waals surface area contributed by atoms with E-state index in [0.717, 1.165) is 30.9 Å². The van der Waals surface area contributed by atoms with Crippen molar-refractivity contribution in [1.29, 1.82) is 0 Å². The van der Waals surface area contributed by atoms with Crippen molar-refractivity contribution in [3.63, 3.8) is 0 Å². The Bertz CT molecular complexity index is 974. The van der Waals surface area contributed by atoms with Gasteiger partial charge in [-0.05, 0) is 36.9 Å². The number of piperidine rings is 2. The Kier molecular flexibility index (Phi) is 3.08. The monoisotopic (exact) mass is 394 g/mol. The summed E-state index contributed by atoms with van der Waals surface area (Å²) in [5.41, 5.74) is 3.85. The third-order valence-corrected chi connectivity index (χ3v) is 8.81. The van der Waals surface area contributed by atoms with Crippen LogP contribution in [0.3, 0.4) is 0 Å². The van der Waals surface area contributed by atoms with Crippen molar-refractivity contribution in [3.8, 4) is 11.5 Å². The number of ether oxygens (including phenoxy) is 3. The molecule has 1 amide bonds. The van der Waals surface area contributed by atoms with Gasteiger partial charge in [0, 0.05) is 30.0 Å². The van der Waals surface area contributed by atoms with Crippen LogP contribution < -0.4 is 14.4 Å². The molecule has 0 aromatic heterocycles. The number of methoxy groups -OCH3 is 2. The van der Waals surface area contributed by atoms with Gasteiger partial charge in [0.15, 0.2) is 11.5 Å². The van der Waals surface area contributed by atoms with Gasteiger partial charge in [0.25, 0.3) is 0 Å². The number of amides is 1. The van der Waals surface area contributed by atoms with Gasteiger partial charge in [-0.15, -0.1) is 0 Å². The number of nitrogens with zero attached hydrogens (tertiary/aromatic N) is 2. The number of hydrogen-bond acceptors (Lipinski definition) is 5. The lowest BCUT2D eigenvalue weighted by Gasteiger charge is -2.58. The number of anilines is 1. The van der Waals surface area contributed by atoms with Crippen LogP contribution in [0.15, 0.2) is 23.8 Å². The first-order valence-electron chi connectivity index (χ1n) is 10.8. The van der Waals surface area contributed by atoms with Gasteiger partial charge in [-0.25, -0.2) is 0 Å². The molecule has 5 heterocycles. The van der Waals surface area contributed by atoms with Crippen LogP contribution in [-0.4, -0.2) is 62.9 Å². The minimum atomic E-state index is -0.0242. The lowest BCUT2D eigenvalue weighted by molar-refractivity contribution is -0.132. The molecule has 3 saturated heterocycles. The summed E-state index contributed by atoms with van der Waals surface area (Å²) in [6.07, 6.45) is 5.11. The van der Waals surface area contributed by atoms with E-state index in [0.29, 0.717) is 36.7 Å². The van der Waals surface area contributed by atoms with E-state index in [1.807, 2.05) is 6.07 Å². The average molecular weight is 394 g/mol. The van der Waals surface area contributed by atoms with Crippen LogP contribution in [-0.2, 0) is 14.9 Å². The number of rotatable bonds is 2. The predicted molar refractivity (Wildman–Crippen MR) is 107 cm³/mol. The molecule has 29 heavy (non-hydrogen) atoms. The smallest absolute Gasteiger partial charge is 0.229 e. The van der Waals surface area contributed by atoms with Gasteiger partial charge < -0.3 is 19.1 Å². The number of carbonyl (C=O) groups excluding carboxylic acids is 1. The first kappa shape index (κ1) is 16.7. The molecule has 7 rings (SSSR count). The molecular weight excluding hydrogens is 368 g/mol. The number of hydrogen-bond donors (Lipinski definition) is 0. The molecule has 152 valence electrons. The topological polar surface area (TPSA) is 51.2 Å². The van der Waals surface area contributed by atoms with Crippen LogP contribution in [0.1, 0.15) is 24.8 Å². The highest BCUT2D eigenvalue weighted by molar-refractivity contribution is 5.99. The molecule has 2 bridgehead atoms. The third kappa shape index (κ3) is 1.76. The van der Waals surface area contributed by atoms with Crippen molar-refractivity contribution in [2.45, 2.75) is 42.9 Å². The maximum absolute atomic E-state index is 13.5. The highest BCUT2D eigenvalue weighted by Gasteiger charge is 2.71. The molecule has 0 N–H and O–H groups in total. The van der Waals surface area contributed by atoms with Crippen LogP contribution in [0.5, 0.6) is 11.5 Å². The van der Waals surface area contributed by atoms with Crippen LogP contribution in [0, 0.1) is 11.8 Å². The Morgan fingerprint density at radius 1 is 1.21 bits per heavy atom. The van der Waals surface area contributed by atoms with Crippen molar-refractivity contribution < 1.29 is 19.0 Å². The van der Waals surface area contributed by atoms with Gasteiger partial charge in [-0.3, -0.25) is 9.69 Å². The molecule has 0 radical (unpaired) electrons. The normalized spacial score (nSPS) is 41.0. The quantitative estimate of drug-likeness (QED) is 0.719. The van der Waals surface area contributed by atoms with E-state index in [9.17, 15) is 4.79 Å². The number of benzene rings is 1. The van der Waals surface area contributed by atoms with Crippen LogP contribution >= 0.6 is 0 Å². The van der Waals surface area contributed by atoms with E-state index in [1.54, 1.807) is 19.8 Å². The summed E-state index contributed by atoms with van der Waals surface area (Å²) < 4.78 is 17.6. The molecule has 1 spiro atoms. The fraction of sp³-hybridized carbons (Fsp3) is 0.609. The Morgan fingerprint density at radius 2 is 2.03 bits per heavy atom. The van der Waals surface area contributed by atoms with E-state index in [2.05, 4.69) is 21.9 Å². The molecule has 1 aromatic rings. The second-order valence-electron chi connectivity index (χ2n) is 9.48. The molecule has 6 aliphatic rings. The minimum absolute atomic E-state index is 0.0242. The van der Waals surface area contributed by atoms with E-state index in [4.69, 9.17) is 14.2 Å². The molecule has 3 unspecified atom stereocenters. The van der Waals surface area contributed by atoms with E-state index < -0.39 is 0 Å². The lowest BCUT2D eigenvalue weighted by Crippen LogP contribution is -2.69. The molecule has 6 atom stereocenters. The van der Waals surface area contributed by atoms with E-state index in [-0.39, 0.29) is 23.5 Å². The highest BCUT2D eigenvalue weighted by atomic mass is 16.5. The van der Waals surface area contributed by atoms with Crippen LogP contribution in [0.25, 0.3) is 0 Å². The summed E-state index contributed by atoms with van der Waals surface area (Å²) in [5, 5.41) is 0. The summed E-state index contributed by atoms with van der Waals surface area (Å²) in [7, 11) is 3.36. The summed E-state index contributed by atoms with van der Waals surface area (Å²) in [4.78, 5) is 18.3. The zero-order chi connectivity index (χ0) is 19.5. The van der Waals surface area contributed by atoms with Crippen molar-refractivity contribution in [3.05, 3.63) is 29.3 Å². The molecule has 6 heteroatoms. The second kappa shape index (κ2) is 5.35. The Hall–Kier alpha value is -2.05. The van der Waals surface area contributed by atoms with E-state index in [1.165, 1.54) is 12.0 Å². The molecular formula is C23H26N2O4. The average Bonchev–Trinajstić information content (AvgIpc) is 3.20. The zero-order valence-electron chi connectivity index (χ0n) is 16.9. The fourth-order valence-electron chi connectivity index (χ4n) is 7.87. The fourth-order valence-corrected chi connectivity index (χ4v) is 7.87. The molecule has 1 aliphatic carbocycles. The van der Waals surface area contributed by atoms with Gasteiger partial charge in [0.1, 0.15) is 0 Å². The highest BCUT2D eigenvalue weighted by Crippen LogP contribution is 2.66. The summed E-state index contributed by atoms with van der Waals surface area (Å²) in [6, 6.07) is 4.87. The molecule has 1 saturated carbocycles. The lowest BCUT2D eigenvalue weighted by atomic mass is 9.53. The van der Waals surface area contributed by atoms with Crippen molar-refractivity contribution >= 4 is 11.6 Å². The molecule has 4 fully saturated rings. The molecule has 6 nitrogen and oxygen atoms in total. The van der Waals surface area contributed by atoms with E-state index >= 15 is 0 Å². The van der Waals surface area contributed by atoms with Gasteiger partial charge in [-0.1, -0.05) is 11.6 Å². The van der Waals surface area contributed by atoms with Crippen molar-refractivity contribution in [2.24, 2.45) is 11.8 Å². The summed E-state index contributed by atoms with van der Waals surface area (Å²) in [6.45, 7) is 2.80. The Balaban J connectivity index is 1.52. The minimum Gasteiger partial charge on any atom is -0.493 e. The zero-order valence-corrected chi connectivity index (χ0v) is 16.9. The van der Waals surface area contributed by atoms with Gasteiger partial charge >= 0.3 is 0 Å². The van der Waals surface area contributed by atoms with Crippen LogP contribution in [0.4, 0.5) is 5.69 Å². The van der Waals surface area contributed by atoms with Crippen molar-refractivity contribution in [1.82, 2.24) is 4.90 Å². The summed E-state index contributed by atoms with van der Waals surface area (Å²) in [5.74, 6) is 2.57. The van der Waals surface area contributed by atoms with Gasteiger partial charge in [0.2, 0.25) is 5.91 Å². The third-order valence-electron chi connectivity index (χ3n) is 8.81. The van der Waals surface area contributed by atoms with Gasteiger partial charge in [-0.2, -0.15) is 0 Å².